The zero-order valence-electron chi connectivity index (χ0n) is 10.6. The number of rotatable bonds is 4. The van der Waals surface area contributed by atoms with Crippen LogP contribution >= 0.6 is 11.6 Å². The minimum Gasteiger partial charge on any atom is -0.462 e. The highest BCUT2D eigenvalue weighted by atomic mass is 35.5. The minimum atomic E-state index is -2.45. The van der Waals surface area contributed by atoms with Crippen molar-refractivity contribution in [2.45, 2.75) is 31.6 Å². The zero-order chi connectivity index (χ0) is 14.7. The number of nitrogen functional groups attached to an aromatic ring is 1. The molecule has 1 heterocycles. The van der Waals surface area contributed by atoms with Gasteiger partial charge in [0.2, 0.25) is 11.7 Å². The standard InChI is InChI=1S/C12H12ClF2N3O2/c1-2-20-8(19)5-6(17-10(13)18-7(5)16)11-3-12(11,4-11)9(14)15/h9H,2-4H2,1H3,(H2,16,17,18). The molecule has 2 aliphatic rings. The van der Waals surface area contributed by atoms with Gasteiger partial charge in [-0.3, -0.25) is 0 Å². The number of carbonyl (C=O) groups is 1. The first-order valence-corrected chi connectivity index (χ1v) is 6.54. The zero-order valence-corrected chi connectivity index (χ0v) is 11.4. The monoisotopic (exact) mass is 303 g/mol. The molecule has 2 saturated carbocycles. The summed E-state index contributed by atoms with van der Waals surface area (Å²) in [5.41, 5.74) is 4.00. The van der Waals surface area contributed by atoms with Crippen molar-refractivity contribution in [3.63, 3.8) is 0 Å². The molecule has 0 aromatic carbocycles. The van der Waals surface area contributed by atoms with Crippen molar-refractivity contribution in [2.75, 3.05) is 12.3 Å². The van der Waals surface area contributed by atoms with Gasteiger partial charge in [0, 0.05) is 10.8 Å². The largest absolute Gasteiger partial charge is 0.462 e. The van der Waals surface area contributed by atoms with Crippen LogP contribution in [-0.2, 0) is 10.2 Å². The van der Waals surface area contributed by atoms with E-state index < -0.39 is 23.2 Å². The Morgan fingerprint density at radius 2 is 2.15 bits per heavy atom. The van der Waals surface area contributed by atoms with Gasteiger partial charge >= 0.3 is 5.97 Å². The van der Waals surface area contributed by atoms with Crippen LogP contribution in [-0.4, -0.2) is 29.0 Å². The molecule has 0 saturated heterocycles. The van der Waals surface area contributed by atoms with Crippen LogP contribution in [0.25, 0.3) is 0 Å². The van der Waals surface area contributed by atoms with Crippen molar-refractivity contribution in [1.29, 1.82) is 0 Å². The Bertz CT molecular complexity index is 603. The number of carbonyl (C=O) groups excluding carboxylic acids is 1. The predicted molar refractivity (Wildman–Crippen MR) is 66.8 cm³/mol. The van der Waals surface area contributed by atoms with Crippen LogP contribution in [0.1, 0.15) is 35.8 Å². The SMILES string of the molecule is CCOC(=O)c1c(N)nc(Cl)nc1C12CC1(C(F)F)C2. The Morgan fingerprint density at radius 1 is 1.50 bits per heavy atom. The third kappa shape index (κ3) is 1.55. The van der Waals surface area contributed by atoms with Crippen LogP contribution in [0.3, 0.4) is 0 Å². The lowest BCUT2D eigenvalue weighted by molar-refractivity contribution is 0.0524. The molecular weight excluding hydrogens is 292 g/mol. The summed E-state index contributed by atoms with van der Waals surface area (Å²) in [6.45, 7) is 1.79. The number of halogens is 3. The third-order valence-electron chi connectivity index (χ3n) is 4.20. The second-order valence-corrected chi connectivity index (χ2v) is 5.55. The van der Waals surface area contributed by atoms with Gasteiger partial charge in [-0.1, -0.05) is 0 Å². The van der Waals surface area contributed by atoms with Crippen molar-refractivity contribution in [1.82, 2.24) is 9.97 Å². The minimum absolute atomic E-state index is 0.0312. The molecule has 2 N–H and O–H groups in total. The average Bonchev–Trinajstić information content (AvgIpc) is 3.13. The molecule has 1 aromatic rings. The van der Waals surface area contributed by atoms with Crippen LogP contribution in [0.2, 0.25) is 5.28 Å². The molecular formula is C12H12ClF2N3O2. The van der Waals surface area contributed by atoms with Gasteiger partial charge in [-0.15, -0.1) is 0 Å². The topological polar surface area (TPSA) is 78.1 Å². The highest BCUT2D eigenvalue weighted by molar-refractivity contribution is 6.28. The lowest BCUT2D eigenvalue weighted by atomic mass is 10.0. The van der Waals surface area contributed by atoms with Gasteiger partial charge in [-0.2, -0.15) is 0 Å². The summed E-state index contributed by atoms with van der Waals surface area (Å²) in [7, 11) is 0. The molecule has 0 amide bonds. The highest BCUT2D eigenvalue weighted by Crippen LogP contribution is 2.88. The van der Waals surface area contributed by atoms with E-state index in [0.29, 0.717) is 0 Å². The smallest absolute Gasteiger partial charge is 0.343 e. The molecule has 8 heteroatoms. The summed E-state index contributed by atoms with van der Waals surface area (Å²) < 4.78 is 31.0. The fourth-order valence-electron chi connectivity index (χ4n) is 2.90. The van der Waals surface area contributed by atoms with Crippen molar-refractivity contribution >= 4 is 23.4 Å². The van der Waals surface area contributed by atoms with Crippen LogP contribution in [0, 0.1) is 5.41 Å². The number of alkyl halides is 2. The summed E-state index contributed by atoms with van der Waals surface area (Å²) in [5, 5.41) is -0.151. The molecule has 0 atom stereocenters. The van der Waals surface area contributed by atoms with Crippen molar-refractivity contribution in [3.8, 4) is 0 Å². The fourth-order valence-corrected chi connectivity index (χ4v) is 3.08. The van der Waals surface area contributed by atoms with E-state index in [-0.39, 0.29) is 41.8 Å². The number of hydrogen-bond donors (Lipinski definition) is 1. The van der Waals surface area contributed by atoms with Gasteiger partial charge < -0.3 is 10.5 Å². The van der Waals surface area contributed by atoms with Gasteiger partial charge in [0.05, 0.1) is 12.3 Å². The van der Waals surface area contributed by atoms with Gasteiger partial charge in [-0.25, -0.2) is 23.5 Å². The maximum atomic E-state index is 13.0. The number of anilines is 1. The number of esters is 1. The lowest BCUT2D eigenvalue weighted by Gasteiger charge is -2.11. The van der Waals surface area contributed by atoms with E-state index in [9.17, 15) is 13.6 Å². The molecule has 2 aliphatic carbocycles. The molecule has 0 unspecified atom stereocenters. The van der Waals surface area contributed by atoms with Crippen LogP contribution < -0.4 is 5.73 Å². The average molecular weight is 304 g/mol. The van der Waals surface area contributed by atoms with E-state index in [2.05, 4.69) is 9.97 Å². The summed E-state index contributed by atoms with van der Waals surface area (Å²) in [5.74, 6) is -0.831. The number of aromatic nitrogens is 2. The van der Waals surface area contributed by atoms with Crippen LogP contribution in [0.5, 0.6) is 0 Å². The van der Waals surface area contributed by atoms with Crippen molar-refractivity contribution < 1.29 is 18.3 Å². The Labute approximate surface area is 118 Å². The summed E-state index contributed by atoms with van der Waals surface area (Å²) in [6, 6.07) is 0. The quantitative estimate of drug-likeness (QED) is 0.681. The van der Waals surface area contributed by atoms with E-state index in [1.165, 1.54) is 0 Å². The van der Waals surface area contributed by atoms with E-state index in [0.717, 1.165) is 0 Å². The van der Waals surface area contributed by atoms with E-state index >= 15 is 0 Å². The normalized spacial score (nSPS) is 30.1. The first-order chi connectivity index (χ1) is 9.38. The maximum Gasteiger partial charge on any atom is 0.343 e. The maximum absolute atomic E-state index is 13.0. The summed E-state index contributed by atoms with van der Waals surface area (Å²) in [4.78, 5) is 19.6. The number of nitrogens with two attached hydrogens (primary N) is 1. The van der Waals surface area contributed by atoms with Crippen molar-refractivity contribution in [3.05, 3.63) is 16.5 Å². The Balaban J connectivity index is 2.06. The van der Waals surface area contributed by atoms with Gasteiger partial charge in [0.25, 0.3) is 0 Å². The molecule has 0 aliphatic heterocycles. The molecule has 108 valence electrons. The Morgan fingerprint density at radius 3 is 2.65 bits per heavy atom. The number of hydrogen-bond acceptors (Lipinski definition) is 5. The molecule has 0 radical (unpaired) electrons. The highest BCUT2D eigenvalue weighted by Gasteiger charge is 2.89. The van der Waals surface area contributed by atoms with Gasteiger partial charge in [-0.05, 0) is 31.4 Å². The molecule has 5 nitrogen and oxygen atoms in total. The fraction of sp³-hybridized carbons (Fsp3) is 0.583. The van der Waals surface area contributed by atoms with Gasteiger partial charge in [0.1, 0.15) is 11.4 Å². The first-order valence-electron chi connectivity index (χ1n) is 6.17. The van der Waals surface area contributed by atoms with E-state index in [4.69, 9.17) is 22.1 Å². The molecule has 1 aromatic heterocycles. The molecule has 0 spiro atoms. The number of ether oxygens (including phenoxy) is 1. The molecule has 2 fully saturated rings. The first kappa shape index (κ1) is 13.5. The van der Waals surface area contributed by atoms with Crippen molar-refractivity contribution in [2.24, 2.45) is 5.41 Å². The van der Waals surface area contributed by atoms with E-state index in [1.807, 2.05) is 0 Å². The molecule has 20 heavy (non-hydrogen) atoms. The second-order valence-electron chi connectivity index (χ2n) is 5.21. The second kappa shape index (κ2) is 4.00. The summed E-state index contributed by atoms with van der Waals surface area (Å²) >= 11 is 5.74. The Hall–Kier alpha value is -1.50. The third-order valence-corrected chi connectivity index (χ3v) is 4.37. The van der Waals surface area contributed by atoms with Crippen LogP contribution in [0.15, 0.2) is 0 Å². The lowest BCUT2D eigenvalue weighted by Crippen LogP contribution is -2.17. The van der Waals surface area contributed by atoms with Crippen LogP contribution in [0.4, 0.5) is 14.6 Å². The Kier molecular flexibility index (Phi) is 2.70. The molecule has 3 rings (SSSR count). The molecule has 0 bridgehead atoms. The predicted octanol–water partition coefficient (Wildman–Crippen LogP) is 2.19. The summed E-state index contributed by atoms with van der Waals surface area (Å²) in [6.07, 6.45) is -1.87. The van der Waals surface area contributed by atoms with Gasteiger partial charge in [0.15, 0.2) is 0 Å². The van der Waals surface area contributed by atoms with E-state index in [1.54, 1.807) is 6.92 Å². The number of nitrogens with zero attached hydrogens (tertiary/aromatic N) is 2. The number of fused-ring (bicyclic) bond motifs is 1.